The highest BCUT2D eigenvalue weighted by atomic mass is 16.5. The SMILES string of the molecule is CCNC(CCN1CCCc2ccccc21)C(=O)OCC. The number of carbonyl (C=O) groups is 1. The Hall–Kier alpha value is -1.55. The first-order valence-electron chi connectivity index (χ1n) is 7.99. The standard InChI is InChI=1S/C17H26N2O2/c1-3-18-15(17(20)21-4-2)11-13-19-12-7-9-14-8-5-6-10-16(14)19/h5-6,8,10,15,18H,3-4,7,9,11-13H2,1-2H3. The maximum Gasteiger partial charge on any atom is 0.323 e. The van der Waals surface area contributed by atoms with Crippen LogP contribution in [0.3, 0.4) is 0 Å². The van der Waals surface area contributed by atoms with Gasteiger partial charge in [-0.25, -0.2) is 0 Å². The second-order valence-electron chi connectivity index (χ2n) is 5.37. The van der Waals surface area contributed by atoms with Crippen molar-refractivity contribution in [1.29, 1.82) is 0 Å². The molecule has 0 saturated heterocycles. The lowest BCUT2D eigenvalue weighted by Gasteiger charge is -2.32. The fraction of sp³-hybridized carbons (Fsp3) is 0.588. The average molecular weight is 290 g/mol. The maximum absolute atomic E-state index is 11.9. The lowest BCUT2D eigenvalue weighted by atomic mass is 10.0. The highest BCUT2D eigenvalue weighted by Crippen LogP contribution is 2.26. The molecule has 21 heavy (non-hydrogen) atoms. The molecule has 2 rings (SSSR count). The van der Waals surface area contributed by atoms with E-state index in [0.717, 1.165) is 32.5 Å². The summed E-state index contributed by atoms with van der Waals surface area (Å²) in [4.78, 5) is 14.3. The van der Waals surface area contributed by atoms with Crippen LogP contribution < -0.4 is 10.2 Å². The number of rotatable bonds is 7. The highest BCUT2D eigenvalue weighted by molar-refractivity contribution is 5.75. The summed E-state index contributed by atoms with van der Waals surface area (Å²) in [5, 5.41) is 3.23. The molecule has 1 aliphatic rings. The van der Waals surface area contributed by atoms with Crippen LogP contribution in [0.15, 0.2) is 24.3 Å². The molecular formula is C17H26N2O2. The normalized spacial score (nSPS) is 15.4. The molecule has 1 aromatic carbocycles. The molecule has 1 heterocycles. The fourth-order valence-electron chi connectivity index (χ4n) is 2.92. The Balaban J connectivity index is 1.96. The molecule has 0 fully saturated rings. The number of hydrogen-bond acceptors (Lipinski definition) is 4. The molecule has 1 unspecified atom stereocenters. The average Bonchev–Trinajstić information content (AvgIpc) is 2.51. The van der Waals surface area contributed by atoms with Gasteiger partial charge < -0.3 is 15.0 Å². The quantitative estimate of drug-likeness (QED) is 0.783. The van der Waals surface area contributed by atoms with E-state index in [1.165, 1.54) is 17.7 Å². The van der Waals surface area contributed by atoms with E-state index in [0.29, 0.717) is 6.61 Å². The van der Waals surface area contributed by atoms with Gasteiger partial charge in [-0.05, 0) is 44.4 Å². The van der Waals surface area contributed by atoms with Crippen LogP contribution in [0.25, 0.3) is 0 Å². The summed E-state index contributed by atoms with van der Waals surface area (Å²) in [5.41, 5.74) is 2.74. The lowest BCUT2D eigenvalue weighted by molar-refractivity contribution is -0.145. The highest BCUT2D eigenvalue weighted by Gasteiger charge is 2.22. The Morgan fingerprint density at radius 1 is 1.38 bits per heavy atom. The summed E-state index contributed by atoms with van der Waals surface area (Å²) in [6, 6.07) is 8.37. The third-order valence-corrected chi connectivity index (χ3v) is 3.92. The van der Waals surface area contributed by atoms with E-state index in [-0.39, 0.29) is 12.0 Å². The van der Waals surface area contributed by atoms with Crippen molar-refractivity contribution in [1.82, 2.24) is 5.32 Å². The van der Waals surface area contributed by atoms with E-state index < -0.39 is 0 Å². The van der Waals surface area contributed by atoms with Gasteiger partial charge in [-0.3, -0.25) is 4.79 Å². The summed E-state index contributed by atoms with van der Waals surface area (Å²) < 4.78 is 5.15. The number of hydrogen-bond donors (Lipinski definition) is 1. The van der Waals surface area contributed by atoms with E-state index in [1.807, 2.05) is 13.8 Å². The Labute approximate surface area is 127 Å². The Morgan fingerprint density at radius 2 is 2.19 bits per heavy atom. The van der Waals surface area contributed by atoms with E-state index in [2.05, 4.69) is 34.5 Å². The van der Waals surface area contributed by atoms with Gasteiger partial charge in [0.15, 0.2) is 0 Å². The monoisotopic (exact) mass is 290 g/mol. The smallest absolute Gasteiger partial charge is 0.323 e. The van der Waals surface area contributed by atoms with Crippen molar-refractivity contribution in [3.8, 4) is 0 Å². The lowest BCUT2D eigenvalue weighted by Crippen LogP contribution is -2.41. The van der Waals surface area contributed by atoms with Gasteiger partial charge in [-0.15, -0.1) is 0 Å². The zero-order valence-corrected chi connectivity index (χ0v) is 13.1. The van der Waals surface area contributed by atoms with Crippen molar-refractivity contribution in [2.45, 2.75) is 39.2 Å². The van der Waals surface area contributed by atoms with Gasteiger partial charge >= 0.3 is 5.97 Å². The Morgan fingerprint density at radius 3 is 2.95 bits per heavy atom. The summed E-state index contributed by atoms with van der Waals surface area (Å²) >= 11 is 0. The zero-order chi connectivity index (χ0) is 15.1. The van der Waals surface area contributed by atoms with Crippen molar-refractivity contribution < 1.29 is 9.53 Å². The van der Waals surface area contributed by atoms with Crippen LogP contribution in [-0.2, 0) is 16.0 Å². The van der Waals surface area contributed by atoms with Crippen molar-refractivity contribution >= 4 is 11.7 Å². The van der Waals surface area contributed by atoms with Gasteiger partial charge in [0.2, 0.25) is 0 Å². The van der Waals surface area contributed by atoms with Crippen molar-refractivity contribution in [2.24, 2.45) is 0 Å². The third kappa shape index (κ3) is 4.21. The van der Waals surface area contributed by atoms with Gasteiger partial charge in [0, 0.05) is 18.8 Å². The molecule has 0 radical (unpaired) electrons. The van der Waals surface area contributed by atoms with Gasteiger partial charge in [0.1, 0.15) is 6.04 Å². The van der Waals surface area contributed by atoms with Crippen LogP contribution in [0, 0.1) is 0 Å². The number of nitrogens with zero attached hydrogens (tertiary/aromatic N) is 1. The molecule has 1 aliphatic heterocycles. The summed E-state index contributed by atoms with van der Waals surface area (Å²) in [7, 11) is 0. The molecule has 116 valence electrons. The number of nitrogens with one attached hydrogen (secondary N) is 1. The van der Waals surface area contributed by atoms with Gasteiger partial charge in [0.25, 0.3) is 0 Å². The minimum atomic E-state index is -0.205. The topological polar surface area (TPSA) is 41.6 Å². The van der Waals surface area contributed by atoms with E-state index in [4.69, 9.17) is 4.74 Å². The molecule has 0 saturated carbocycles. The first-order valence-corrected chi connectivity index (χ1v) is 7.99. The number of aryl methyl sites for hydroxylation is 1. The van der Waals surface area contributed by atoms with Crippen LogP contribution in [0.5, 0.6) is 0 Å². The number of fused-ring (bicyclic) bond motifs is 1. The van der Waals surface area contributed by atoms with Crippen LogP contribution in [0.2, 0.25) is 0 Å². The molecule has 0 aromatic heterocycles. The van der Waals surface area contributed by atoms with Crippen molar-refractivity contribution in [2.75, 3.05) is 31.1 Å². The van der Waals surface area contributed by atoms with E-state index in [1.54, 1.807) is 0 Å². The fourth-order valence-corrected chi connectivity index (χ4v) is 2.92. The number of ether oxygens (including phenoxy) is 1. The van der Waals surface area contributed by atoms with Crippen molar-refractivity contribution in [3.63, 3.8) is 0 Å². The first-order chi connectivity index (χ1) is 10.3. The van der Waals surface area contributed by atoms with Gasteiger partial charge in [-0.2, -0.15) is 0 Å². The van der Waals surface area contributed by atoms with E-state index in [9.17, 15) is 4.79 Å². The Bertz CT molecular complexity index is 462. The van der Waals surface area contributed by atoms with Gasteiger partial charge in [-0.1, -0.05) is 25.1 Å². The number of para-hydroxylation sites is 1. The van der Waals surface area contributed by atoms with Crippen LogP contribution in [0.1, 0.15) is 32.3 Å². The summed E-state index contributed by atoms with van der Waals surface area (Å²) in [6.07, 6.45) is 3.12. The largest absolute Gasteiger partial charge is 0.465 e. The molecule has 0 bridgehead atoms. The molecule has 1 aromatic rings. The minimum Gasteiger partial charge on any atom is -0.465 e. The minimum absolute atomic E-state index is 0.135. The molecule has 1 N–H and O–H groups in total. The number of esters is 1. The Kier molecular flexibility index (Phi) is 6.05. The van der Waals surface area contributed by atoms with Crippen LogP contribution in [-0.4, -0.2) is 38.3 Å². The number of carbonyl (C=O) groups excluding carboxylic acids is 1. The molecule has 1 atom stereocenters. The second-order valence-corrected chi connectivity index (χ2v) is 5.37. The van der Waals surface area contributed by atoms with Crippen LogP contribution >= 0.6 is 0 Å². The maximum atomic E-state index is 11.9. The summed E-state index contributed by atoms with van der Waals surface area (Å²) in [6.45, 7) is 7.03. The second kappa shape index (κ2) is 8.03. The summed E-state index contributed by atoms with van der Waals surface area (Å²) in [5.74, 6) is -0.135. The first kappa shape index (κ1) is 15.8. The predicted octanol–water partition coefficient (Wildman–Crippen LogP) is 2.37. The molecule has 4 nitrogen and oxygen atoms in total. The molecule has 0 aliphatic carbocycles. The molecular weight excluding hydrogens is 264 g/mol. The number of anilines is 1. The number of benzene rings is 1. The molecule has 0 spiro atoms. The van der Waals surface area contributed by atoms with Gasteiger partial charge in [0.05, 0.1) is 6.61 Å². The molecule has 4 heteroatoms. The third-order valence-electron chi connectivity index (χ3n) is 3.92. The van der Waals surface area contributed by atoms with E-state index >= 15 is 0 Å². The van der Waals surface area contributed by atoms with Crippen molar-refractivity contribution in [3.05, 3.63) is 29.8 Å². The zero-order valence-electron chi connectivity index (χ0n) is 13.1. The molecule has 0 amide bonds. The number of likely N-dealkylation sites (N-methyl/N-ethyl adjacent to an activating group) is 1. The van der Waals surface area contributed by atoms with Crippen LogP contribution in [0.4, 0.5) is 5.69 Å². The predicted molar refractivity (Wildman–Crippen MR) is 85.7 cm³/mol.